The van der Waals surface area contributed by atoms with E-state index in [2.05, 4.69) is 0 Å². The van der Waals surface area contributed by atoms with Crippen molar-refractivity contribution in [3.05, 3.63) is 23.8 Å². The summed E-state index contributed by atoms with van der Waals surface area (Å²) >= 11 is 0. The van der Waals surface area contributed by atoms with Crippen molar-refractivity contribution in [2.75, 3.05) is 27.2 Å². The lowest BCUT2D eigenvalue weighted by Gasteiger charge is -2.28. The zero-order valence-electron chi connectivity index (χ0n) is 15.6. The predicted molar refractivity (Wildman–Crippen MR) is 100.0 cm³/mol. The Labute approximate surface area is 156 Å². The molecule has 0 N–H and O–H groups in total. The van der Waals surface area contributed by atoms with Crippen LogP contribution in [0.1, 0.15) is 55.3 Å². The Morgan fingerprint density at radius 1 is 1.12 bits per heavy atom. The SMILES string of the molecule is COc1ccc(S(=O)(=O)N(C)C2CCCC2)cc1C(=O)N1CCCCC1. The zero-order chi connectivity index (χ0) is 18.7. The number of amides is 1. The van der Waals surface area contributed by atoms with Crippen molar-refractivity contribution in [1.29, 1.82) is 0 Å². The first kappa shape index (κ1) is 19.2. The summed E-state index contributed by atoms with van der Waals surface area (Å²) < 4.78 is 32.9. The van der Waals surface area contributed by atoms with Crippen LogP contribution in [0, 0.1) is 0 Å². The molecule has 1 amide bonds. The number of sulfonamides is 1. The first-order valence-corrected chi connectivity index (χ1v) is 10.8. The van der Waals surface area contributed by atoms with Crippen LogP contribution in [0.3, 0.4) is 0 Å². The van der Waals surface area contributed by atoms with E-state index in [1.165, 1.54) is 23.5 Å². The third-order valence-electron chi connectivity index (χ3n) is 5.56. The number of benzene rings is 1. The predicted octanol–water partition coefficient (Wildman–Crippen LogP) is 2.88. The molecule has 3 rings (SSSR count). The summed E-state index contributed by atoms with van der Waals surface area (Å²) in [5.41, 5.74) is 0.329. The molecule has 1 saturated carbocycles. The van der Waals surface area contributed by atoms with E-state index in [4.69, 9.17) is 4.74 Å². The number of ether oxygens (including phenoxy) is 1. The highest BCUT2D eigenvalue weighted by molar-refractivity contribution is 7.89. The van der Waals surface area contributed by atoms with Crippen molar-refractivity contribution < 1.29 is 17.9 Å². The fraction of sp³-hybridized carbons (Fsp3) is 0.632. The van der Waals surface area contributed by atoms with Gasteiger partial charge in [-0.05, 0) is 50.3 Å². The fourth-order valence-corrected chi connectivity index (χ4v) is 5.36. The second kappa shape index (κ2) is 7.96. The molecular weight excluding hydrogens is 352 g/mol. The number of rotatable bonds is 5. The standard InChI is InChI=1S/C19H28N2O4S/c1-20(15-8-4-5-9-15)26(23,24)16-10-11-18(25-2)17(14-16)19(22)21-12-6-3-7-13-21/h10-11,14-15H,3-9,12-13H2,1-2H3. The quantitative estimate of drug-likeness (QED) is 0.788. The minimum absolute atomic E-state index is 0.0448. The molecule has 0 bridgehead atoms. The lowest BCUT2D eigenvalue weighted by Crippen LogP contribution is -2.37. The van der Waals surface area contributed by atoms with Gasteiger partial charge in [0.1, 0.15) is 5.75 Å². The van der Waals surface area contributed by atoms with Gasteiger partial charge in [-0.25, -0.2) is 8.42 Å². The van der Waals surface area contributed by atoms with Gasteiger partial charge in [0.15, 0.2) is 0 Å². The Bertz CT molecular complexity index is 751. The van der Waals surface area contributed by atoms with Crippen LogP contribution in [0.25, 0.3) is 0 Å². The number of piperidine rings is 1. The summed E-state index contributed by atoms with van der Waals surface area (Å²) in [6.07, 6.45) is 7.00. The first-order chi connectivity index (χ1) is 12.4. The number of nitrogens with zero attached hydrogens (tertiary/aromatic N) is 2. The molecule has 1 aromatic carbocycles. The zero-order valence-corrected chi connectivity index (χ0v) is 16.4. The van der Waals surface area contributed by atoms with E-state index in [1.807, 2.05) is 0 Å². The van der Waals surface area contributed by atoms with Crippen LogP contribution in [0.4, 0.5) is 0 Å². The van der Waals surface area contributed by atoms with Gasteiger partial charge in [-0.1, -0.05) is 12.8 Å². The Balaban J connectivity index is 1.92. The van der Waals surface area contributed by atoms with Crippen LogP contribution in [0.5, 0.6) is 5.75 Å². The second-order valence-corrected chi connectivity index (χ2v) is 9.17. The van der Waals surface area contributed by atoms with Gasteiger partial charge >= 0.3 is 0 Å². The van der Waals surface area contributed by atoms with Gasteiger partial charge < -0.3 is 9.64 Å². The van der Waals surface area contributed by atoms with Crippen molar-refractivity contribution >= 4 is 15.9 Å². The molecule has 7 heteroatoms. The molecule has 144 valence electrons. The summed E-state index contributed by atoms with van der Waals surface area (Å²) in [5.74, 6) is 0.269. The van der Waals surface area contributed by atoms with E-state index >= 15 is 0 Å². The maximum absolute atomic E-state index is 13.0. The summed E-state index contributed by atoms with van der Waals surface area (Å²) in [6, 6.07) is 4.65. The van der Waals surface area contributed by atoms with E-state index in [-0.39, 0.29) is 16.8 Å². The van der Waals surface area contributed by atoms with Crippen LogP contribution in [-0.4, -0.2) is 56.8 Å². The summed E-state index contributed by atoms with van der Waals surface area (Å²) in [5, 5.41) is 0. The average Bonchev–Trinajstić information content (AvgIpc) is 3.21. The molecule has 1 aliphatic carbocycles. The Morgan fingerprint density at radius 2 is 1.77 bits per heavy atom. The molecule has 1 aromatic rings. The highest BCUT2D eigenvalue weighted by atomic mass is 32.2. The van der Waals surface area contributed by atoms with Crippen molar-refractivity contribution in [2.24, 2.45) is 0 Å². The number of methoxy groups -OCH3 is 1. The molecule has 0 unspecified atom stereocenters. The molecule has 0 atom stereocenters. The number of likely N-dealkylation sites (tertiary alicyclic amines) is 1. The minimum atomic E-state index is -3.63. The fourth-order valence-electron chi connectivity index (χ4n) is 3.91. The largest absolute Gasteiger partial charge is 0.496 e. The molecule has 6 nitrogen and oxygen atoms in total. The van der Waals surface area contributed by atoms with E-state index < -0.39 is 10.0 Å². The first-order valence-electron chi connectivity index (χ1n) is 9.40. The monoisotopic (exact) mass is 380 g/mol. The van der Waals surface area contributed by atoms with Gasteiger partial charge in [-0.3, -0.25) is 4.79 Å². The summed E-state index contributed by atoms with van der Waals surface area (Å²) in [6.45, 7) is 1.42. The van der Waals surface area contributed by atoms with Crippen molar-refractivity contribution in [3.8, 4) is 5.75 Å². The van der Waals surface area contributed by atoms with Crippen molar-refractivity contribution in [2.45, 2.75) is 55.9 Å². The van der Waals surface area contributed by atoms with Gasteiger partial charge in [-0.15, -0.1) is 0 Å². The molecule has 2 aliphatic rings. The molecule has 1 aliphatic heterocycles. The van der Waals surface area contributed by atoms with Gasteiger partial charge in [-0.2, -0.15) is 4.31 Å². The van der Waals surface area contributed by atoms with Gasteiger partial charge in [0.05, 0.1) is 17.6 Å². The normalized spacial score (nSPS) is 19.1. The van der Waals surface area contributed by atoms with Gasteiger partial charge in [0.25, 0.3) is 5.91 Å². The van der Waals surface area contributed by atoms with Gasteiger partial charge in [0.2, 0.25) is 10.0 Å². The third kappa shape index (κ3) is 3.74. The topological polar surface area (TPSA) is 66.9 Å². The summed E-state index contributed by atoms with van der Waals surface area (Å²) in [4.78, 5) is 14.9. The minimum Gasteiger partial charge on any atom is -0.496 e. The van der Waals surface area contributed by atoms with Crippen LogP contribution in [-0.2, 0) is 10.0 Å². The molecule has 0 aromatic heterocycles. The van der Waals surface area contributed by atoms with Crippen LogP contribution >= 0.6 is 0 Å². The number of hydrogen-bond donors (Lipinski definition) is 0. The van der Waals surface area contributed by atoms with Crippen LogP contribution < -0.4 is 4.74 Å². The second-order valence-electron chi connectivity index (χ2n) is 7.17. The Kier molecular flexibility index (Phi) is 5.87. The van der Waals surface area contributed by atoms with E-state index in [9.17, 15) is 13.2 Å². The Hall–Kier alpha value is -1.60. The lowest BCUT2D eigenvalue weighted by molar-refractivity contribution is 0.0720. The van der Waals surface area contributed by atoms with Crippen molar-refractivity contribution in [1.82, 2.24) is 9.21 Å². The molecule has 2 fully saturated rings. The van der Waals surface area contributed by atoms with E-state index in [1.54, 1.807) is 18.0 Å². The van der Waals surface area contributed by atoms with Crippen LogP contribution in [0.2, 0.25) is 0 Å². The maximum Gasteiger partial charge on any atom is 0.257 e. The van der Waals surface area contributed by atoms with E-state index in [0.29, 0.717) is 24.4 Å². The third-order valence-corrected chi connectivity index (χ3v) is 7.47. The molecule has 0 radical (unpaired) electrons. The van der Waals surface area contributed by atoms with E-state index in [0.717, 1.165) is 44.9 Å². The highest BCUT2D eigenvalue weighted by Gasteiger charge is 2.31. The Morgan fingerprint density at radius 3 is 2.38 bits per heavy atom. The molecule has 26 heavy (non-hydrogen) atoms. The molecule has 1 heterocycles. The molecule has 1 saturated heterocycles. The number of hydrogen-bond acceptors (Lipinski definition) is 4. The maximum atomic E-state index is 13.0. The summed E-state index contributed by atoms with van der Waals surface area (Å²) in [7, 11) is -0.485. The van der Waals surface area contributed by atoms with Gasteiger partial charge in [0, 0.05) is 26.2 Å². The lowest BCUT2D eigenvalue weighted by atomic mass is 10.1. The highest BCUT2D eigenvalue weighted by Crippen LogP contribution is 2.30. The number of carbonyl (C=O) groups excluding carboxylic acids is 1. The van der Waals surface area contributed by atoms with Crippen molar-refractivity contribution in [3.63, 3.8) is 0 Å². The average molecular weight is 381 g/mol. The number of carbonyl (C=O) groups is 1. The van der Waals surface area contributed by atoms with Crippen LogP contribution in [0.15, 0.2) is 23.1 Å². The molecular formula is C19H28N2O4S. The molecule has 0 spiro atoms. The smallest absolute Gasteiger partial charge is 0.257 e.